The number of rotatable bonds is 13. The van der Waals surface area contributed by atoms with Gasteiger partial charge in [-0.2, -0.15) is 0 Å². The SMILES string of the molecule is CC[C@H](C)C(=O)O[C@H]1C[C@@H](C)C=C2C=C[C@H](C)[C@H](CC[C@@H]3C[C@@H](O)CC(=O)O3)[C@H]21.CNC(=O)[C@@H](NC(=O)[C@H](CC(C)C)[C@H](O)C(=O)NO)C(C)(C)C. The van der Waals surface area contributed by atoms with E-state index in [9.17, 15) is 34.2 Å². The fourth-order valence-electron chi connectivity index (χ4n) is 7.27. The van der Waals surface area contributed by atoms with E-state index >= 15 is 0 Å². The number of allylic oxidation sites excluding steroid dienone is 3. The van der Waals surface area contributed by atoms with Crippen LogP contribution >= 0.6 is 0 Å². The van der Waals surface area contributed by atoms with E-state index in [-0.39, 0.29) is 60.6 Å². The molecule has 0 aromatic heterocycles. The molecular formula is C39H65N3O10. The number of nitrogens with one attached hydrogen (secondary N) is 3. The highest BCUT2D eigenvalue weighted by atomic mass is 16.6. The van der Waals surface area contributed by atoms with Gasteiger partial charge in [0.1, 0.15) is 24.4 Å². The number of esters is 2. The molecule has 11 atom stereocenters. The zero-order valence-corrected chi connectivity index (χ0v) is 32.8. The van der Waals surface area contributed by atoms with Gasteiger partial charge in [-0.25, -0.2) is 5.48 Å². The Morgan fingerprint density at radius 1 is 1.04 bits per heavy atom. The van der Waals surface area contributed by atoms with Crippen LogP contribution in [-0.2, 0) is 33.4 Å². The van der Waals surface area contributed by atoms with Crippen LogP contribution < -0.4 is 16.1 Å². The van der Waals surface area contributed by atoms with Crippen LogP contribution in [0.2, 0.25) is 0 Å². The molecule has 13 heteroatoms. The van der Waals surface area contributed by atoms with Crippen LogP contribution in [0.4, 0.5) is 0 Å². The summed E-state index contributed by atoms with van der Waals surface area (Å²) >= 11 is 0. The van der Waals surface area contributed by atoms with Crippen LogP contribution in [0.3, 0.4) is 0 Å². The summed E-state index contributed by atoms with van der Waals surface area (Å²) < 4.78 is 11.5. The fourth-order valence-corrected chi connectivity index (χ4v) is 7.27. The molecule has 2 aliphatic carbocycles. The summed E-state index contributed by atoms with van der Waals surface area (Å²) in [5, 5.41) is 33.6. The lowest BCUT2D eigenvalue weighted by Crippen LogP contribution is -2.56. The van der Waals surface area contributed by atoms with Gasteiger partial charge in [0.25, 0.3) is 5.91 Å². The first kappa shape index (κ1) is 44.9. The molecule has 0 spiro atoms. The first-order valence-electron chi connectivity index (χ1n) is 18.9. The smallest absolute Gasteiger partial charge is 0.308 e. The summed E-state index contributed by atoms with van der Waals surface area (Å²) in [6.45, 7) is 17.4. The number of amides is 3. The number of aliphatic hydroxyl groups excluding tert-OH is 2. The van der Waals surface area contributed by atoms with Crippen LogP contribution in [0.5, 0.6) is 0 Å². The third-order valence-electron chi connectivity index (χ3n) is 10.4. The Morgan fingerprint density at radius 3 is 2.23 bits per heavy atom. The summed E-state index contributed by atoms with van der Waals surface area (Å²) in [5.74, 6) is -2.33. The van der Waals surface area contributed by atoms with Gasteiger partial charge >= 0.3 is 11.9 Å². The van der Waals surface area contributed by atoms with Crippen molar-refractivity contribution in [2.45, 2.75) is 138 Å². The minimum atomic E-state index is -1.70. The normalized spacial score (nSPS) is 28.0. The fraction of sp³-hybridized carbons (Fsp3) is 0.769. The van der Waals surface area contributed by atoms with Gasteiger partial charge in [0.2, 0.25) is 11.8 Å². The highest BCUT2D eigenvalue weighted by molar-refractivity contribution is 5.92. The zero-order chi connectivity index (χ0) is 39.5. The number of carbonyl (C=O) groups excluding carboxylic acids is 5. The predicted octanol–water partition coefficient (Wildman–Crippen LogP) is 3.99. The maximum absolute atomic E-state index is 12.5. The third kappa shape index (κ3) is 13.0. The Kier molecular flexibility index (Phi) is 17.5. The van der Waals surface area contributed by atoms with E-state index in [1.54, 1.807) is 20.8 Å². The first-order valence-corrected chi connectivity index (χ1v) is 18.9. The Morgan fingerprint density at radius 2 is 1.69 bits per heavy atom. The second-order valence-corrected chi connectivity index (χ2v) is 16.4. The van der Waals surface area contributed by atoms with Crippen molar-refractivity contribution in [3.8, 4) is 0 Å². The highest BCUT2D eigenvalue weighted by Crippen LogP contribution is 2.45. The van der Waals surface area contributed by atoms with Gasteiger partial charge in [-0.3, -0.25) is 29.2 Å². The molecule has 6 N–H and O–H groups in total. The van der Waals surface area contributed by atoms with Crippen LogP contribution in [-0.4, -0.2) is 82.6 Å². The lowest BCUT2D eigenvalue weighted by molar-refractivity contribution is -0.162. The number of likely N-dealkylation sites (N-methyl/N-ethyl adjacent to an activating group) is 1. The van der Waals surface area contributed by atoms with Crippen LogP contribution in [0, 0.1) is 46.8 Å². The molecule has 1 heterocycles. The van der Waals surface area contributed by atoms with Crippen molar-refractivity contribution in [3.05, 3.63) is 23.8 Å². The molecule has 0 saturated carbocycles. The number of carbonyl (C=O) groups is 5. The van der Waals surface area contributed by atoms with Gasteiger partial charge in [-0.1, -0.05) is 80.5 Å². The van der Waals surface area contributed by atoms with E-state index in [4.69, 9.17) is 14.7 Å². The molecule has 296 valence electrons. The summed E-state index contributed by atoms with van der Waals surface area (Å²) in [4.78, 5) is 60.2. The molecule has 3 rings (SSSR count). The van der Waals surface area contributed by atoms with Crippen molar-refractivity contribution >= 4 is 29.7 Å². The number of fused-ring (bicyclic) bond motifs is 1. The van der Waals surface area contributed by atoms with Gasteiger partial charge in [-0.05, 0) is 66.8 Å². The van der Waals surface area contributed by atoms with Crippen LogP contribution in [0.1, 0.15) is 107 Å². The average Bonchev–Trinajstić information content (AvgIpc) is 3.06. The number of cyclic esters (lactones) is 1. The standard InChI is InChI=1S/C24H36O5.C15H29N3O5/c1-5-15(3)24(27)29-21-11-14(2)10-17-7-6-16(4)20(23(17)21)9-8-19-12-18(25)13-22(26)28-19;1-8(2)7-9(10(19)13(21)18-23)12(20)17-11(14(22)16-6)15(3,4)5/h6-7,10,14-16,18-21,23,25H,5,8-9,11-13H2,1-4H3;8-11,19,23H,7H2,1-6H3,(H,16,22)(H,17,20)(H,18,21)/t14-,15-,16-,18+,19+,20-,21-,23-;9-,10+,11-/m01/s1. The Labute approximate surface area is 309 Å². The molecule has 0 radical (unpaired) electrons. The van der Waals surface area contributed by atoms with E-state index in [0.717, 1.165) is 25.7 Å². The van der Waals surface area contributed by atoms with Crippen molar-refractivity contribution in [1.29, 1.82) is 0 Å². The van der Waals surface area contributed by atoms with Gasteiger partial charge in [0.05, 0.1) is 24.4 Å². The molecular weight excluding hydrogens is 670 g/mol. The van der Waals surface area contributed by atoms with Gasteiger partial charge < -0.3 is 30.3 Å². The summed E-state index contributed by atoms with van der Waals surface area (Å²) in [6.07, 6.45) is 8.23. The van der Waals surface area contributed by atoms with Crippen molar-refractivity contribution in [2.24, 2.45) is 46.8 Å². The molecule has 1 fully saturated rings. The molecule has 1 saturated heterocycles. The number of aliphatic hydroxyl groups is 2. The lowest BCUT2D eigenvalue weighted by atomic mass is 9.65. The first-order chi connectivity index (χ1) is 24.2. The van der Waals surface area contributed by atoms with Crippen molar-refractivity contribution in [3.63, 3.8) is 0 Å². The van der Waals surface area contributed by atoms with Gasteiger partial charge in [0, 0.05) is 19.4 Å². The van der Waals surface area contributed by atoms with E-state index in [1.165, 1.54) is 18.1 Å². The molecule has 52 heavy (non-hydrogen) atoms. The third-order valence-corrected chi connectivity index (χ3v) is 10.4. The molecule has 0 aromatic carbocycles. The van der Waals surface area contributed by atoms with E-state index < -0.39 is 41.4 Å². The molecule has 1 aliphatic heterocycles. The molecule has 13 nitrogen and oxygen atoms in total. The number of hydrogen-bond donors (Lipinski definition) is 6. The molecule has 0 aromatic rings. The van der Waals surface area contributed by atoms with Crippen molar-refractivity contribution in [2.75, 3.05) is 7.05 Å². The maximum Gasteiger partial charge on any atom is 0.308 e. The largest absolute Gasteiger partial charge is 0.462 e. The van der Waals surface area contributed by atoms with Gasteiger partial charge in [0.15, 0.2) is 0 Å². The number of hydrogen-bond acceptors (Lipinski definition) is 10. The second-order valence-electron chi connectivity index (χ2n) is 16.4. The zero-order valence-electron chi connectivity index (χ0n) is 32.8. The molecule has 3 aliphatic rings. The number of ether oxygens (including phenoxy) is 2. The molecule has 3 amide bonds. The minimum absolute atomic E-state index is 0.0278. The predicted molar refractivity (Wildman–Crippen MR) is 195 cm³/mol. The quantitative estimate of drug-likeness (QED) is 0.0913. The van der Waals surface area contributed by atoms with E-state index in [2.05, 4.69) is 42.7 Å². The second kappa shape index (κ2) is 20.2. The van der Waals surface area contributed by atoms with Crippen LogP contribution in [0.25, 0.3) is 0 Å². The van der Waals surface area contributed by atoms with E-state index in [1.807, 2.05) is 27.7 Å². The van der Waals surface area contributed by atoms with Crippen LogP contribution in [0.15, 0.2) is 23.8 Å². The Hall–Kier alpha value is -3.29. The maximum atomic E-state index is 12.5. The highest BCUT2D eigenvalue weighted by Gasteiger charge is 2.42. The number of hydroxylamine groups is 1. The topological polar surface area (TPSA) is 201 Å². The van der Waals surface area contributed by atoms with Crippen molar-refractivity contribution in [1.82, 2.24) is 16.1 Å². The monoisotopic (exact) mass is 735 g/mol. The van der Waals surface area contributed by atoms with Crippen molar-refractivity contribution < 1.29 is 48.9 Å². The summed E-state index contributed by atoms with van der Waals surface area (Å²) in [5.41, 5.74) is 2.06. The van der Waals surface area contributed by atoms with E-state index in [0.29, 0.717) is 24.2 Å². The summed E-state index contributed by atoms with van der Waals surface area (Å²) in [7, 11) is 1.47. The Balaban J connectivity index is 0.000000372. The Bertz CT molecular complexity index is 1290. The lowest BCUT2D eigenvalue weighted by Gasteiger charge is -2.43. The molecule has 0 unspecified atom stereocenters. The van der Waals surface area contributed by atoms with Gasteiger partial charge in [-0.15, -0.1) is 0 Å². The minimum Gasteiger partial charge on any atom is -0.462 e. The average molecular weight is 736 g/mol. The summed E-state index contributed by atoms with van der Waals surface area (Å²) in [6, 6.07) is -0.820. The molecule has 0 bridgehead atoms.